The third kappa shape index (κ3) is 5.36. The number of carbonyl (C=O) groups excluding carboxylic acids is 2. The van der Waals surface area contributed by atoms with Gasteiger partial charge in [0.05, 0.1) is 12.0 Å². The number of carboxylic acids is 2. The Labute approximate surface area is 215 Å². The summed E-state index contributed by atoms with van der Waals surface area (Å²) in [5, 5.41) is 31.5. The SMILES string of the molecule is CO/N=C(\C(=O)NC1C(=O)N2C(C(=O)O)=C(CSc3n[nH]c(SCC(=O)O)n3)CS[C@@H]12)c1ccco1. The fourth-order valence-corrected chi connectivity index (χ4v) is 6.21. The predicted molar refractivity (Wildman–Crippen MR) is 127 cm³/mol. The van der Waals surface area contributed by atoms with E-state index in [2.05, 4.69) is 25.7 Å². The molecule has 2 aromatic rings. The number of H-pyrrole nitrogens is 1. The van der Waals surface area contributed by atoms with Crippen LogP contribution in [0.1, 0.15) is 5.76 Å². The molecule has 1 unspecified atom stereocenters. The van der Waals surface area contributed by atoms with Crippen LogP contribution < -0.4 is 5.32 Å². The molecule has 2 atom stereocenters. The number of nitrogens with one attached hydrogen (secondary N) is 2. The normalized spacial score (nSPS) is 19.5. The summed E-state index contributed by atoms with van der Waals surface area (Å²) >= 11 is 3.44. The molecule has 0 aliphatic carbocycles. The summed E-state index contributed by atoms with van der Waals surface area (Å²) in [4.78, 5) is 58.4. The second-order valence-corrected chi connectivity index (χ2v) is 10.1. The molecule has 4 N–H and O–H groups in total. The lowest BCUT2D eigenvalue weighted by Crippen LogP contribution is -2.71. The average Bonchev–Trinajstić information content (AvgIpc) is 3.54. The number of rotatable bonds is 11. The molecule has 1 saturated heterocycles. The summed E-state index contributed by atoms with van der Waals surface area (Å²) in [5.41, 5.74) is 0.191. The van der Waals surface area contributed by atoms with Crippen molar-refractivity contribution >= 4 is 64.8 Å². The molecule has 190 valence electrons. The van der Waals surface area contributed by atoms with Gasteiger partial charge in [0, 0.05) is 11.5 Å². The second-order valence-electron chi connectivity index (χ2n) is 7.11. The first-order valence-electron chi connectivity index (χ1n) is 10.1. The van der Waals surface area contributed by atoms with Gasteiger partial charge in [-0.05, 0) is 17.7 Å². The molecular formula is C19H18N6O8S3. The minimum absolute atomic E-state index is 0.144. The van der Waals surface area contributed by atoms with Gasteiger partial charge in [0.1, 0.15) is 24.2 Å². The number of hydrogen-bond acceptors (Lipinski definition) is 12. The summed E-state index contributed by atoms with van der Waals surface area (Å²) in [6.07, 6.45) is 1.36. The Kier molecular flexibility index (Phi) is 7.90. The van der Waals surface area contributed by atoms with Gasteiger partial charge in [-0.15, -0.1) is 16.9 Å². The predicted octanol–water partition coefficient (Wildman–Crippen LogP) is 0.456. The van der Waals surface area contributed by atoms with Gasteiger partial charge in [-0.3, -0.25) is 24.4 Å². The number of oxime groups is 1. The second kappa shape index (κ2) is 11.1. The lowest BCUT2D eigenvalue weighted by atomic mass is 10.0. The monoisotopic (exact) mass is 554 g/mol. The largest absolute Gasteiger partial charge is 0.481 e. The number of thioether (sulfide) groups is 3. The van der Waals surface area contributed by atoms with Crippen LogP contribution in [0.25, 0.3) is 0 Å². The van der Waals surface area contributed by atoms with Gasteiger partial charge >= 0.3 is 11.9 Å². The number of aliphatic carboxylic acids is 2. The molecular weight excluding hydrogens is 536 g/mol. The quantitative estimate of drug-likeness (QED) is 0.129. The molecule has 0 radical (unpaired) electrons. The molecule has 0 saturated carbocycles. The van der Waals surface area contributed by atoms with Crippen molar-refractivity contribution in [2.24, 2.45) is 5.16 Å². The van der Waals surface area contributed by atoms with Gasteiger partial charge in [0.2, 0.25) is 10.9 Å². The molecule has 4 heterocycles. The third-order valence-electron chi connectivity index (χ3n) is 4.84. The standard InChI is InChI=1S/C19H18N6O8S3/c1-32-24-11(9-3-2-4-33-9)14(28)20-12-15(29)25-13(17(30)31)8(5-34-16(12)25)6-35-18-21-19(23-22-18)36-7-10(26)27/h2-4,12,16H,5-7H2,1H3,(H,20,28)(H,26,27)(H,30,31)(H,21,22,23)/b24-11-/t12?,16-/m0/s1. The first kappa shape index (κ1) is 25.6. The highest BCUT2D eigenvalue weighted by atomic mass is 32.2. The lowest BCUT2D eigenvalue weighted by Gasteiger charge is -2.49. The van der Waals surface area contributed by atoms with Crippen molar-refractivity contribution in [1.29, 1.82) is 0 Å². The first-order chi connectivity index (χ1) is 17.3. The van der Waals surface area contributed by atoms with E-state index >= 15 is 0 Å². The maximum Gasteiger partial charge on any atom is 0.352 e. The third-order valence-corrected chi connectivity index (χ3v) is 7.96. The van der Waals surface area contributed by atoms with E-state index in [1.807, 2.05) is 0 Å². The van der Waals surface area contributed by atoms with Crippen LogP contribution >= 0.6 is 35.3 Å². The van der Waals surface area contributed by atoms with Crippen LogP contribution in [0, 0.1) is 0 Å². The number of furan rings is 1. The van der Waals surface area contributed by atoms with Gasteiger partial charge in [0.15, 0.2) is 10.9 Å². The topological polar surface area (TPSA) is 200 Å². The molecule has 2 amide bonds. The molecule has 14 nitrogen and oxygen atoms in total. The Morgan fingerprint density at radius 1 is 1.39 bits per heavy atom. The zero-order chi connectivity index (χ0) is 25.8. The van der Waals surface area contributed by atoms with E-state index in [1.165, 1.54) is 31.2 Å². The van der Waals surface area contributed by atoms with Gasteiger partial charge < -0.3 is 24.8 Å². The van der Waals surface area contributed by atoms with Crippen molar-refractivity contribution in [2.75, 3.05) is 24.4 Å². The molecule has 0 bridgehead atoms. The van der Waals surface area contributed by atoms with Crippen LogP contribution in [-0.2, 0) is 24.0 Å². The summed E-state index contributed by atoms with van der Waals surface area (Å²) in [7, 11) is 1.27. The molecule has 2 aliphatic rings. The Morgan fingerprint density at radius 3 is 2.86 bits per heavy atom. The van der Waals surface area contributed by atoms with Crippen molar-refractivity contribution < 1.29 is 38.6 Å². The summed E-state index contributed by atoms with van der Waals surface area (Å²) in [6.45, 7) is 0. The molecule has 17 heteroatoms. The minimum atomic E-state index is -1.26. The Bertz CT molecular complexity index is 1240. The number of carboxylic acid groups (broad SMARTS) is 2. The number of fused-ring (bicyclic) bond motifs is 1. The number of amides is 2. The Morgan fingerprint density at radius 2 is 2.19 bits per heavy atom. The molecule has 2 aromatic heterocycles. The fraction of sp³-hybridized carbons (Fsp3) is 0.316. The molecule has 0 aromatic carbocycles. The van der Waals surface area contributed by atoms with E-state index in [0.29, 0.717) is 21.6 Å². The maximum atomic E-state index is 12.9. The van der Waals surface area contributed by atoms with Gasteiger partial charge in [-0.1, -0.05) is 28.7 Å². The van der Waals surface area contributed by atoms with Crippen molar-refractivity contribution in [3.8, 4) is 0 Å². The lowest BCUT2D eigenvalue weighted by molar-refractivity contribution is -0.150. The zero-order valence-corrected chi connectivity index (χ0v) is 20.8. The molecule has 2 aliphatic heterocycles. The molecule has 1 fully saturated rings. The highest BCUT2D eigenvalue weighted by Gasteiger charge is 2.54. The van der Waals surface area contributed by atoms with Crippen LogP contribution in [0.5, 0.6) is 0 Å². The molecule has 4 rings (SSSR count). The van der Waals surface area contributed by atoms with Crippen molar-refractivity contribution in [3.05, 3.63) is 35.4 Å². The van der Waals surface area contributed by atoms with E-state index in [-0.39, 0.29) is 28.7 Å². The van der Waals surface area contributed by atoms with Crippen LogP contribution in [-0.4, -0.2) is 95.5 Å². The van der Waals surface area contributed by atoms with Crippen molar-refractivity contribution in [3.63, 3.8) is 0 Å². The van der Waals surface area contributed by atoms with Gasteiger partial charge in [-0.25, -0.2) is 4.79 Å². The van der Waals surface area contributed by atoms with Crippen LogP contribution in [0.4, 0.5) is 0 Å². The Balaban J connectivity index is 1.43. The average molecular weight is 555 g/mol. The first-order valence-corrected chi connectivity index (χ1v) is 13.1. The van der Waals surface area contributed by atoms with Gasteiger partial charge in [0.25, 0.3) is 11.8 Å². The van der Waals surface area contributed by atoms with Crippen molar-refractivity contribution in [1.82, 2.24) is 25.4 Å². The van der Waals surface area contributed by atoms with Crippen molar-refractivity contribution in [2.45, 2.75) is 21.7 Å². The Hall–Kier alpha value is -3.44. The minimum Gasteiger partial charge on any atom is -0.481 e. The van der Waals surface area contributed by atoms with Gasteiger partial charge in [-0.2, -0.15) is 4.98 Å². The summed E-state index contributed by atoms with van der Waals surface area (Å²) < 4.78 is 5.19. The number of nitrogens with zero attached hydrogens (tertiary/aromatic N) is 4. The highest BCUT2D eigenvalue weighted by Crippen LogP contribution is 2.41. The fourth-order valence-electron chi connectivity index (χ4n) is 3.35. The van der Waals surface area contributed by atoms with E-state index in [4.69, 9.17) is 14.4 Å². The smallest absolute Gasteiger partial charge is 0.352 e. The van der Waals surface area contributed by atoms with E-state index in [1.54, 1.807) is 6.07 Å². The molecule has 0 spiro atoms. The highest BCUT2D eigenvalue weighted by molar-refractivity contribution is 8.01. The van der Waals surface area contributed by atoms with E-state index < -0.39 is 35.2 Å². The number of β-lactam (4-membered cyclic amide) rings is 1. The summed E-state index contributed by atoms with van der Waals surface area (Å²) in [6, 6.07) is 2.13. The van der Waals surface area contributed by atoms with Crippen LogP contribution in [0.3, 0.4) is 0 Å². The summed E-state index contributed by atoms with van der Waals surface area (Å²) in [5.74, 6) is -3.05. The van der Waals surface area contributed by atoms with Crippen LogP contribution in [0.2, 0.25) is 0 Å². The zero-order valence-electron chi connectivity index (χ0n) is 18.4. The van der Waals surface area contributed by atoms with E-state index in [9.17, 15) is 24.3 Å². The number of aromatic nitrogens is 3. The maximum absolute atomic E-state index is 12.9. The number of carbonyl (C=O) groups is 4. The molecule has 36 heavy (non-hydrogen) atoms. The van der Waals surface area contributed by atoms with E-state index in [0.717, 1.165) is 28.4 Å². The number of hydrogen-bond donors (Lipinski definition) is 4. The van der Waals surface area contributed by atoms with Crippen LogP contribution in [0.15, 0.2) is 49.6 Å². The number of aromatic amines is 1.